The maximum atomic E-state index is 13.9. The van der Waals surface area contributed by atoms with Crippen molar-refractivity contribution in [2.45, 2.75) is 19.3 Å². The van der Waals surface area contributed by atoms with Crippen LogP contribution < -0.4 is 4.74 Å². The van der Waals surface area contributed by atoms with E-state index >= 15 is 0 Å². The largest absolute Gasteiger partial charge is 0.573 e. The predicted molar refractivity (Wildman–Crippen MR) is 75.7 cm³/mol. The molecule has 0 saturated carbocycles. The second-order valence-electron chi connectivity index (χ2n) is 5.41. The number of carbonyl (C=O) groups is 1. The van der Waals surface area contributed by atoms with Crippen molar-refractivity contribution in [1.29, 1.82) is 0 Å². The van der Waals surface area contributed by atoms with Gasteiger partial charge in [0, 0.05) is 25.1 Å². The molecule has 1 aliphatic heterocycles. The van der Waals surface area contributed by atoms with E-state index in [-0.39, 0.29) is 30.6 Å². The Morgan fingerprint density at radius 2 is 1.92 bits per heavy atom. The summed E-state index contributed by atoms with van der Waals surface area (Å²) in [5, 5.41) is 0. The number of hydrogen-bond donors (Lipinski definition) is 0. The van der Waals surface area contributed by atoms with Crippen molar-refractivity contribution in [1.82, 2.24) is 9.88 Å². The van der Waals surface area contributed by atoms with E-state index in [2.05, 4.69) is 9.72 Å². The van der Waals surface area contributed by atoms with Crippen LogP contribution in [-0.2, 0) is 13.0 Å². The Balaban J connectivity index is 1.82. The zero-order valence-corrected chi connectivity index (χ0v) is 12.6. The summed E-state index contributed by atoms with van der Waals surface area (Å²) >= 11 is 0. The van der Waals surface area contributed by atoms with Gasteiger partial charge in [0.1, 0.15) is 11.6 Å². The van der Waals surface area contributed by atoms with Gasteiger partial charge in [0.15, 0.2) is 0 Å². The summed E-state index contributed by atoms with van der Waals surface area (Å²) in [5.74, 6) is -2.53. The number of pyridine rings is 1. The van der Waals surface area contributed by atoms with Crippen LogP contribution in [0, 0.1) is 11.8 Å². The quantitative estimate of drug-likeness (QED) is 0.623. The maximum absolute atomic E-state index is 13.9. The fraction of sp³-hybridized carbons (Fsp3) is 0.250. The van der Waals surface area contributed by atoms with Crippen molar-refractivity contribution >= 4 is 5.91 Å². The molecule has 4 nitrogen and oxygen atoms in total. The number of alkyl halides is 3. The van der Waals surface area contributed by atoms with E-state index in [0.717, 1.165) is 24.3 Å². The molecular weight excluding hydrogens is 347 g/mol. The molecule has 0 unspecified atom stereocenters. The highest BCUT2D eigenvalue weighted by Crippen LogP contribution is 2.26. The lowest BCUT2D eigenvalue weighted by Crippen LogP contribution is -2.37. The molecule has 1 amide bonds. The third-order valence-corrected chi connectivity index (χ3v) is 3.69. The summed E-state index contributed by atoms with van der Waals surface area (Å²) in [6, 6.07) is 4.92. The number of nitrogens with zero attached hydrogens (tertiary/aromatic N) is 2. The normalized spacial score (nSPS) is 14.4. The van der Waals surface area contributed by atoms with Crippen LogP contribution in [0.1, 0.15) is 21.6 Å². The van der Waals surface area contributed by atoms with Gasteiger partial charge in [0.05, 0.1) is 11.3 Å². The Morgan fingerprint density at radius 3 is 2.64 bits per heavy atom. The van der Waals surface area contributed by atoms with Crippen LogP contribution in [0.3, 0.4) is 0 Å². The number of hydrogen-bond acceptors (Lipinski definition) is 3. The Morgan fingerprint density at radius 1 is 1.16 bits per heavy atom. The van der Waals surface area contributed by atoms with Crippen LogP contribution in [0.5, 0.6) is 5.75 Å². The molecule has 0 bridgehead atoms. The van der Waals surface area contributed by atoms with E-state index in [4.69, 9.17) is 0 Å². The third-order valence-electron chi connectivity index (χ3n) is 3.69. The summed E-state index contributed by atoms with van der Waals surface area (Å²) < 4.78 is 67.6. The first-order valence-electron chi connectivity index (χ1n) is 7.22. The Bertz CT molecular complexity index is 823. The number of aromatic nitrogens is 1. The lowest BCUT2D eigenvalue weighted by Gasteiger charge is -2.28. The lowest BCUT2D eigenvalue weighted by molar-refractivity contribution is -0.274. The van der Waals surface area contributed by atoms with E-state index in [1.165, 1.54) is 11.0 Å². The number of rotatable bonds is 3. The molecule has 2 aromatic rings. The second-order valence-corrected chi connectivity index (χ2v) is 5.41. The molecule has 0 fully saturated rings. The number of fused-ring (bicyclic) bond motifs is 1. The van der Waals surface area contributed by atoms with Gasteiger partial charge in [-0.05, 0) is 30.3 Å². The Hall–Kier alpha value is -2.71. The molecule has 25 heavy (non-hydrogen) atoms. The summed E-state index contributed by atoms with van der Waals surface area (Å²) in [7, 11) is 0. The van der Waals surface area contributed by atoms with E-state index in [1.54, 1.807) is 0 Å². The van der Waals surface area contributed by atoms with Crippen molar-refractivity contribution in [2.75, 3.05) is 6.54 Å². The fourth-order valence-corrected chi connectivity index (χ4v) is 2.60. The van der Waals surface area contributed by atoms with Gasteiger partial charge < -0.3 is 9.64 Å². The molecule has 0 spiro atoms. The fourth-order valence-electron chi connectivity index (χ4n) is 2.60. The molecule has 0 N–H and O–H groups in total. The van der Waals surface area contributed by atoms with Gasteiger partial charge in [-0.3, -0.25) is 4.79 Å². The first-order chi connectivity index (χ1) is 11.7. The lowest BCUT2D eigenvalue weighted by atomic mass is 10.0. The number of benzene rings is 1. The Kier molecular flexibility index (Phi) is 4.32. The smallest absolute Gasteiger partial charge is 0.406 e. The first kappa shape index (κ1) is 17.1. The average Bonchev–Trinajstić information content (AvgIpc) is 2.51. The second kappa shape index (κ2) is 6.30. The van der Waals surface area contributed by atoms with E-state index in [9.17, 15) is 26.7 Å². The van der Waals surface area contributed by atoms with Gasteiger partial charge in [-0.15, -0.1) is 13.2 Å². The minimum Gasteiger partial charge on any atom is -0.406 e. The summed E-state index contributed by atoms with van der Waals surface area (Å²) in [5.41, 5.74) is 0.375. The Labute approximate surface area is 138 Å². The molecule has 1 aliphatic rings. The molecule has 1 aromatic carbocycles. The van der Waals surface area contributed by atoms with Gasteiger partial charge in [-0.25, -0.2) is 9.37 Å². The zero-order valence-electron chi connectivity index (χ0n) is 12.6. The molecule has 132 valence electrons. The highest BCUT2D eigenvalue weighted by Gasteiger charge is 2.32. The highest BCUT2D eigenvalue weighted by atomic mass is 19.4. The van der Waals surface area contributed by atoms with Crippen LogP contribution in [-0.4, -0.2) is 28.7 Å². The minimum atomic E-state index is -4.90. The molecule has 0 saturated heterocycles. The van der Waals surface area contributed by atoms with Gasteiger partial charge in [0.2, 0.25) is 5.95 Å². The summed E-state index contributed by atoms with van der Waals surface area (Å²) in [4.78, 5) is 17.3. The van der Waals surface area contributed by atoms with Crippen molar-refractivity contribution in [2.24, 2.45) is 0 Å². The molecule has 0 radical (unpaired) electrons. The van der Waals surface area contributed by atoms with Crippen LogP contribution in [0.15, 0.2) is 30.3 Å². The van der Waals surface area contributed by atoms with Crippen molar-refractivity contribution in [3.05, 3.63) is 58.9 Å². The first-order valence-corrected chi connectivity index (χ1v) is 7.22. The van der Waals surface area contributed by atoms with Crippen LogP contribution in [0.4, 0.5) is 22.0 Å². The standard InChI is InChI=1S/C16H11F5N2O2/c17-12-3-1-10(25-16(19,20)21)7-9(12)8-23-6-5-13-11(15(23)24)2-4-14(18)22-13/h1-4,7H,5-6,8H2. The predicted octanol–water partition coefficient (Wildman–Crippen LogP) is 3.46. The molecule has 1 aromatic heterocycles. The number of halogens is 5. The summed E-state index contributed by atoms with van der Waals surface area (Å²) in [6.45, 7) is -0.0946. The van der Waals surface area contributed by atoms with E-state index in [1.807, 2.05) is 0 Å². The number of ether oxygens (including phenoxy) is 1. The SMILES string of the molecule is O=C1c2ccc(F)nc2CCN1Cc1cc(OC(F)(F)F)ccc1F. The van der Waals surface area contributed by atoms with Gasteiger partial charge >= 0.3 is 6.36 Å². The van der Waals surface area contributed by atoms with Gasteiger partial charge in [-0.2, -0.15) is 4.39 Å². The van der Waals surface area contributed by atoms with Crippen molar-refractivity contribution in [3.8, 4) is 5.75 Å². The van der Waals surface area contributed by atoms with E-state index < -0.39 is 29.8 Å². The van der Waals surface area contributed by atoms with Crippen molar-refractivity contribution in [3.63, 3.8) is 0 Å². The van der Waals surface area contributed by atoms with Crippen LogP contribution >= 0.6 is 0 Å². The van der Waals surface area contributed by atoms with Crippen LogP contribution in [0.25, 0.3) is 0 Å². The molecule has 3 rings (SSSR count). The highest BCUT2D eigenvalue weighted by molar-refractivity contribution is 5.96. The monoisotopic (exact) mass is 358 g/mol. The number of carbonyl (C=O) groups excluding carboxylic acids is 1. The van der Waals surface area contributed by atoms with Crippen LogP contribution in [0.2, 0.25) is 0 Å². The van der Waals surface area contributed by atoms with Gasteiger partial charge in [0.25, 0.3) is 5.91 Å². The third kappa shape index (κ3) is 3.86. The van der Waals surface area contributed by atoms with Gasteiger partial charge in [-0.1, -0.05) is 0 Å². The summed E-state index contributed by atoms with van der Waals surface area (Å²) in [6.07, 6.45) is -4.64. The minimum absolute atomic E-state index is 0.117. The number of amides is 1. The molecule has 9 heteroatoms. The van der Waals surface area contributed by atoms with Crippen molar-refractivity contribution < 1.29 is 31.5 Å². The van der Waals surface area contributed by atoms with E-state index in [0.29, 0.717) is 5.69 Å². The molecular formula is C16H11F5N2O2. The average molecular weight is 358 g/mol. The maximum Gasteiger partial charge on any atom is 0.573 e. The topological polar surface area (TPSA) is 42.4 Å². The molecule has 0 atom stereocenters. The zero-order chi connectivity index (χ0) is 18.2. The molecule has 2 heterocycles. The molecule has 0 aliphatic carbocycles.